The molecule has 0 saturated heterocycles. The Morgan fingerprint density at radius 2 is 0.923 bits per heavy atom. The van der Waals surface area contributed by atoms with E-state index in [4.69, 9.17) is 9.97 Å². The lowest BCUT2D eigenvalue weighted by atomic mass is 9.96. The second-order valence-electron chi connectivity index (χ2n) is 13.7. The highest BCUT2D eigenvalue weighted by molar-refractivity contribution is 6.33. The lowest BCUT2D eigenvalue weighted by molar-refractivity contribution is 1.20. The van der Waals surface area contributed by atoms with E-state index in [1.54, 1.807) is 0 Å². The maximum Gasteiger partial charge on any atom is 0.0979 e. The molecule has 240 valence electrons. The fourth-order valence-corrected chi connectivity index (χ4v) is 8.90. The second-order valence-corrected chi connectivity index (χ2v) is 13.7. The summed E-state index contributed by atoms with van der Waals surface area (Å²) >= 11 is 0. The second kappa shape index (κ2) is 10.3. The largest absolute Gasteiger partial charge is 0.309 e. The number of fused-ring (bicyclic) bond motifs is 8. The topological polar surface area (TPSA) is 35.1 Å². The van der Waals surface area contributed by atoms with Gasteiger partial charge in [-0.15, -0.1) is 0 Å². The van der Waals surface area contributed by atoms with Gasteiger partial charge in [-0.25, -0.2) is 9.97 Å². The smallest absolute Gasteiger partial charge is 0.0979 e. The summed E-state index contributed by atoms with van der Waals surface area (Å²) in [6, 6.07) is 61.0. The molecular weight excluding hydrogens is 633 g/mol. The predicted octanol–water partition coefficient (Wildman–Crippen LogP) is 12.4. The number of para-hydroxylation sites is 4. The van der Waals surface area contributed by atoms with Crippen molar-refractivity contribution in [2.75, 3.05) is 0 Å². The summed E-state index contributed by atoms with van der Waals surface area (Å²) in [5.74, 6) is 0. The molecule has 4 nitrogen and oxygen atoms in total. The van der Waals surface area contributed by atoms with Gasteiger partial charge in [0.25, 0.3) is 0 Å². The van der Waals surface area contributed by atoms with E-state index in [2.05, 4.69) is 155 Å². The molecule has 0 aliphatic heterocycles. The zero-order valence-corrected chi connectivity index (χ0v) is 28.0. The molecule has 4 aromatic heterocycles. The van der Waals surface area contributed by atoms with Gasteiger partial charge in [-0.2, -0.15) is 0 Å². The monoisotopic (exact) mass is 660 g/mol. The molecule has 0 spiro atoms. The molecule has 0 N–H and O–H groups in total. The van der Waals surface area contributed by atoms with Gasteiger partial charge in [0.05, 0.1) is 55.7 Å². The van der Waals surface area contributed by atoms with E-state index < -0.39 is 0 Å². The van der Waals surface area contributed by atoms with Gasteiger partial charge in [-0.1, -0.05) is 121 Å². The van der Waals surface area contributed by atoms with Gasteiger partial charge in [0, 0.05) is 43.4 Å². The number of aromatic nitrogens is 4. The van der Waals surface area contributed by atoms with Crippen molar-refractivity contribution in [1.29, 1.82) is 0 Å². The molecule has 8 aromatic carbocycles. The van der Waals surface area contributed by atoms with Gasteiger partial charge in [0.15, 0.2) is 0 Å². The van der Waals surface area contributed by atoms with Gasteiger partial charge < -0.3 is 8.97 Å². The zero-order chi connectivity index (χ0) is 33.9. The number of rotatable bonds is 3. The summed E-state index contributed by atoms with van der Waals surface area (Å²) in [6.07, 6.45) is 0. The quantitative estimate of drug-likeness (QED) is 0.189. The predicted molar refractivity (Wildman–Crippen MR) is 217 cm³/mol. The summed E-state index contributed by atoms with van der Waals surface area (Å²) in [4.78, 5) is 10.5. The van der Waals surface area contributed by atoms with Crippen LogP contribution < -0.4 is 0 Å². The van der Waals surface area contributed by atoms with E-state index in [0.717, 1.165) is 50.0 Å². The lowest BCUT2D eigenvalue weighted by Crippen LogP contribution is -1.99. The van der Waals surface area contributed by atoms with Crippen molar-refractivity contribution < 1.29 is 0 Å². The molecule has 0 amide bonds. The standard InChI is InChI=1S/C48H28N4/c1-2-13-29(14-3-1)46-47(50-38-21-9-8-20-37(38)49-46)35-25-27-41(31-16-5-4-15-30(31)35)51-42-24-12-19-34-32-17-6-10-22-39(32)52-40-23-11-7-18-33(40)36-26-28-43(51)45(44(34)42)48(36)52/h1-28H. The Morgan fingerprint density at radius 1 is 0.346 bits per heavy atom. The number of nitrogens with zero attached hydrogens (tertiary/aromatic N) is 4. The summed E-state index contributed by atoms with van der Waals surface area (Å²) in [5, 5.41) is 9.93. The maximum atomic E-state index is 5.30. The first kappa shape index (κ1) is 27.7. The first-order valence-corrected chi connectivity index (χ1v) is 17.8. The molecular formula is C48H28N4. The molecule has 0 fully saturated rings. The average Bonchev–Trinajstić information content (AvgIpc) is 3.69. The molecule has 52 heavy (non-hydrogen) atoms. The fourth-order valence-electron chi connectivity index (χ4n) is 8.90. The van der Waals surface area contributed by atoms with Crippen LogP contribution in [0.5, 0.6) is 0 Å². The molecule has 12 rings (SSSR count). The molecule has 4 heterocycles. The van der Waals surface area contributed by atoms with Crippen LogP contribution in [0.1, 0.15) is 0 Å². The summed E-state index contributed by atoms with van der Waals surface area (Å²) in [7, 11) is 0. The van der Waals surface area contributed by atoms with Gasteiger partial charge >= 0.3 is 0 Å². The maximum absolute atomic E-state index is 5.30. The van der Waals surface area contributed by atoms with Crippen LogP contribution in [0, 0.1) is 0 Å². The highest BCUT2D eigenvalue weighted by Gasteiger charge is 2.24. The Hall–Kier alpha value is -7.04. The first-order chi connectivity index (χ1) is 25.8. The van der Waals surface area contributed by atoms with E-state index in [0.29, 0.717) is 0 Å². The Morgan fingerprint density at radius 3 is 1.69 bits per heavy atom. The van der Waals surface area contributed by atoms with Crippen molar-refractivity contribution in [1.82, 2.24) is 18.9 Å². The minimum absolute atomic E-state index is 0.884. The van der Waals surface area contributed by atoms with Crippen molar-refractivity contribution in [3.05, 3.63) is 170 Å². The van der Waals surface area contributed by atoms with Crippen molar-refractivity contribution in [2.24, 2.45) is 0 Å². The van der Waals surface area contributed by atoms with E-state index >= 15 is 0 Å². The third-order valence-electron chi connectivity index (χ3n) is 11.0. The van der Waals surface area contributed by atoms with Gasteiger partial charge in [-0.05, 0) is 59.3 Å². The Balaban J connectivity index is 1.22. The normalized spacial score (nSPS) is 12.2. The van der Waals surface area contributed by atoms with Gasteiger partial charge in [0.2, 0.25) is 0 Å². The highest BCUT2D eigenvalue weighted by Crippen LogP contribution is 2.46. The summed E-state index contributed by atoms with van der Waals surface area (Å²) in [6.45, 7) is 0. The van der Waals surface area contributed by atoms with E-state index in [1.807, 2.05) is 24.3 Å². The van der Waals surface area contributed by atoms with Gasteiger partial charge in [0.1, 0.15) is 0 Å². The SMILES string of the molecule is c1ccc(-c2nc3ccccc3nc2-c2ccc(-n3c4cccc5c6ccccc6n6c7ccccc7c7ccc3c(c54)c76)c3ccccc23)cc1. The minimum atomic E-state index is 0.884. The van der Waals surface area contributed by atoms with Crippen LogP contribution in [-0.2, 0) is 0 Å². The third kappa shape index (κ3) is 3.60. The van der Waals surface area contributed by atoms with Crippen LogP contribution in [0.3, 0.4) is 0 Å². The minimum Gasteiger partial charge on any atom is -0.309 e. The molecule has 0 bridgehead atoms. The summed E-state index contributed by atoms with van der Waals surface area (Å²) in [5.41, 5.74) is 12.9. The van der Waals surface area contributed by atoms with Crippen LogP contribution in [0.4, 0.5) is 0 Å². The van der Waals surface area contributed by atoms with Crippen LogP contribution in [-0.4, -0.2) is 18.9 Å². The van der Waals surface area contributed by atoms with E-state index in [9.17, 15) is 0 Å². The lowest BCUT2D eigenvalue weighted by Gasteiger charge is -2.16. The Kier molecular flexibility index (Phi) is 5.47. The average molecular weight is 661 g/mol. The molecule has 0 aliphatic carbocycles. The van der Waals surface area contributed by atoms with Crippen molar-refractivity contribution in [3.63, 3.8) is 0 Å². The molecule has 0 atom stereocenters. The molecule has 0 unspecified atom stereocenters. The van der Waals surface area contributed by atoms with Crippen molar-refractivity contribution in [2.45, 2.75) is 0 Å². The van der Waals surface area contributed by atoms with E-state index in [-0.39, 0.29) is 0 Å². The molecule has 4 heteroatoms. The third-order valence-corrected chi connectivity index (χ3v) is 11.0. The van der Waals surface area contributed by atoms with Crippen LogP contribution in [0.15, 0.2) is 170 Å². The number of hydrogen-bond donors (Lipinski definition) is 0. The van der Waals surface area contributed by atoms with Crippen molar-refractivity contribution >= 4 is 81.7 Å². The van der Waals surface area contributed by atoms with Gasteiger partial charge in [-0.3, -0.25) is 0 Å². The number of hydrogen-bond acceptors (Lipinski definition) is 2. The summed E-state index contributed by atoms with van der Waals surface area (Å²) < 4.78 is 4.98. The van der Waals surface area contributed by atoms with Crippen molar-refractivity contribution in [3.8, 4) is 28.2 Å². The Bertz CT molecular complexity index is 3410. The highest BCUT2D eigenvalue weighted by atomic mass is 15.0. The molecule has 12 aromatic rings. The van der Waals surface area contributed by atoms with Crippen LogP contribution in [0.25, 0.3) is 110 Å². The van der Waals surface area contributed by atoms with Crippen LogP contribution in [0.2, 0.25) is 0 Å². The molecule has 0 saturated carbocycles. The zero-order valence-electron chi connectivity index (χ0n) is 28.0. The van der Waals surface area contributed by atoms with E-state index in [1.165, 1.54) is 59.9 Å². The number of benzene rings is 8. The first-order valence-electron chi connectivity index (χ1n) is 17.8. The fraction of sp³-hybridized carbons (Fsp3) is 0. The molecule has 0 aliphatic rings. The molecule has 0 radical (unpaired) electrons. The van der Waals surface area contributed by atoms with Crippen LogP contribution >= 0.6 is 0 Å². The Labute approximate surface area is 297 Å².